The molecule has 2 rings (SSSR count). The lowest BCUT2D eigenvalue weighted by atomic mass is 10.1. The van der Waals surface area contributed by atoms with Crippen LogP contribution in [0.3, 0.4) is 0 Å². The van der Waals surface area contributed by atoms with Gasteiger partial charge in [-0.05, 0) is 24.6 Å². The van der Waals surface area contributed by atoms with E-state index in [-0.39, 0.29) is 11.9 Å². The standard InChI is InChI=1S/C12H15FN4/c1-9(10-3-5-11(13)6-4-10)14-7-12-15-8-16-17(12)2/h3-6,8-9,14H,7H2,1-2H3/t9-/m0/s1. The Labute approximate surface area is 99.5 Å². The fraction of sp³-hybridized carbons (Fsp3) is 0.333. The van der Waals surface area contributed by atoms with E-state index >= 15 is 0 Å². The van der Waals surface area contributed by atoms with Gasteiger partial charge in [0.2, 0.25) is 0 Å². The molecular weight excluding hydrogens is 219 g/mol. The van der Waals surface area contributed by atoms with Gasteiger partial charge in [-0.15, -0.1) is 0 Å². The normalized spacial score (nSPS) is 12.6. The SMILES string of the molecule is C[C@H](NCc1ncnn1C)c1ccc(F)cc1. The van der Waals surface area contributed by atoms with Gasteiger partial charge in [-0.25, -0.2) is 9.37 Å². The Kier molecular flexibility index (Phi) is 3.49. The molecule has 0 spiro atoms. The van der Waals surface area contributed by atoms with Crippen LogP contribution in [-0.4, -0.2) is 14.8 Å². The Hall–Kier alpha value is -1.75. The quantitative estimate of drug-likeness (QED) is 0.877. The van der Waals surface area contributed by atoms with E-state index in [1.165, 1.54) is 18.5 Å². The van der Waals surface area contributed by atoms with Crippen LogP contribution in [0.5, 0.6) is 0 Å². The lowest BCUT2D eigenvalue weighted by Crippen LogP contribution is -2.20. The largest absolute Gasteiger partial charge is 0.303 e. The van der Waals surface area contributed by atoms with E-state index in [1.807, 2.05) is 14.0 Å². The number of hydrogen-bond acceptors (Lipinski definition) is 3. The second kappa shape index (κ2) is 5.05. The summed E-state index contributed by atoms with van der Waals surface area (Å²) in [6.07, 6.45) is 1.53. The van der Waals surface area contributed by atoms with E-state index in [0.717, 1.165) is 11.4 Å². The number of benzene rings is 1. The van der Waals surface area contributed by atoms with Crippen molar-refractivity contribution in [3.63, 3.8) is 0 Å². The van der Waals surface area contributed by atoms with Crippen molar-refractivity contribution >= 4 is 0 Å². The Bertz CT molecular complexity index is 478. The van der Waals surface area contributed by atoms with Gasteiger partial charge in [0, 0.05) is 13.1 Å². The number of aromatic nitrogens is 3. The van der Waals surface area contributed by atoms with Crippen LogP contribution in [0, 0.1) is 5.82 Å². The predicted molar refractivity (Wildman–Crippen MR) is 62.7 cm³/mol. The fourth-order valence-electron chi connectivity index (χ4n) is 1.59. The van der Waals surface area contributed by atoms with Crippen LogP contribution in [0.4, 0.5) is 4.39 Å². The number of halogens is 1. The van der Waals surface area contributed by atoms with Gasteiger partial charge in [0.1, 0.15) is 18.0 Å². The van der Waals surface area contributed by atoms with Crippen molar-refractivity contribution in [2.24, 2.45) is 7.05 Å². The van der Waals surface area contributed by atoms with Crippen molar-refractivity contribution in [3.05, 3.63) is 47.8 Å². The topological polar surface area (TPSA) is 42.7 Å². The molecule has 0 aliphatic rings. The maximum Gasteiger partial charge on any atom is 0.140 e. The predicted octanol–water partition coefficient (Wildman–Crippen LogP) is 1.80. The van der Waals surface area contributed by atoms with Crippen molar-refractivity contribution in [3.8, 4) is 0 Å². The highest BCUT2D eigenvalue weighted by Gasteiger charge is 2.06. The maximum absolute atomic E-state index is 12.8. The zero-order valence-corrected chi connectivity index (χ0v) is 9.89. The van der Waals surface area contributed by atoms with Crippen molar-refractivity contribution in [1.29, 1.82) is 0 Å². The highest BCUT2D eigenvalue weighted by Crippen LogP contribution is 2.13. The molecular formula is C12H15FN4. The number of nitrogens with one attached hydrogen (secondary N) is 1. The van der Waals surface area contributed by atoms with Gasteiger partial charge < -0.3 is 5.32 Å². The third-order valence-electron chi connectivity index (χ3n) is 2.74. The van der Waals surface area contributed by atoms with Crippen molar-refractivity contribution < 1.29 is 4.39 Å². The van der Waals surface area contributed by atoms with Crippen molar-refractivity contribution in [2.75, 3.05) is 0 Å². The first-order chi connectivity index (χ1) is 8.16. The first-order valence-corrected chi connectivity index (χ1v) is 5.48. The molecule has 0 fully saturated rings. The molecule has 4 nitrogen and oxygen atoms in total. The molecule has 2 aromatic rings. The van der Waals surface area contributed by atoms with Gasteiger partial charge in [-0.3, -0.25) is 4.68 Å². The lowest BCUT2D eigenvalue weighted by molar-refractivity contribution is 0.539. The summed E-state index contributed by atoms with van der Waals surface area (Å²) < 4.78 is 14.5. The van der Waals surface area contributed by atoms with E-state index in [9.17, 15) is 4.39 Å². The number of nitrogens with zero attached hydrogens (tertiary/aromatic N) is 3. The Morgan fingerprint density at radius 3 is 2.65 bits per heavy atom. The molecule has 0 aliphatic heterocycles. The van der Waals surface area contributed by atoms with E-state index in [1.54, 1.807) is 16.8 Å². The smallest absolute Gasteiger partial charge is 0.140 e. The summed E-state index contributed by atoms with van der Waals surface area (Å²) in [7, 11) is 1.85. The molecule has 0 unspecified atom stereocenters. The summed E-state index contributed by atoms with van der Waals surface area (Å²) in [6.45, 7) is 2.67. The number of rotatable bonds is 4. The zero-order valence-electron chi connectivity index (χ0n) is 9.89. The molecule has 0 bridgehead atoms. The first kappa shape index (κ1) is 11.7. The molecule has 0 saturated heterocycles. The van der Waals surface area contributed by atoms with Crippen LogP contribution in [-0.2, 0) is 13.6 Å². The highest BCUT2D eigenvalue weighted by atomic mass is 19.1. The Morgan fingerprint density at radius 1 is 1.35 bits per heavy atom. The van der Waals surface area contributed by atoms with E-state index in [4.69, 9.17) is 0 Å². The Balaban J connectivity index is 1.95. The first-order valence-electron chi connectivity index (χ1n) is 5.48. The Morgan fingerprint density at radius 2 is 2.06 bits per heavy atom. The summed E-state index contributed by atoms with van der Waals surface area (Å²) in [6, 6.07) is 6.64. The summed E-state index contributed by atoms with van der Waals surface area (Å²) >= 11 is 0. The summed E-state index contributed by atoms with van der Waals surface area (Å²) in [5.41, 5.74) is 1.05. The van der Waals surface area contributed by atoms with Crippen LogP contribution in [0.1, 0.15) is 24.4 Å². The van der Waals surface area contributed by atoms with E-state index < -0.39 is 0 Å². The van der Waals surface area contributed by atoms with E-state index in [0.29, 0.717) is 6.54 Å². The summed E-state index contributed by atoms with van der Waals surface area (Å²) in [5, 5.41) is 7.31. The number of aryl methyl sites for hydroxylation is 1. The molecule has 1 heterocycles. The minimum atomic E-state index is -0.214. The molecule has 0 aliphatic carbocycles. The fourth-order valence-corrected chi connectivity index (χ4v) is 1.59. The third-order valence-corrected chi connectivity index (χ3v) is 2.74. The monoisotopic (exact) mass is 234 g/mol. The molecule has 5 heteroatoms. The van der Waals surface area contributed by atoms with Crippen LogP contribution in [0.15, 0.2) is 30.6 Å². The minimum Gasteiger partial charge on any atom is -0.303 e. The van der Waals surface area contributed by atoms with Gasteiger partial charge in [-0.2, -0.15) is 5.10 Å². The molecule has 0 amide bonds. The molecule has 0 saturated carbocycles. The van der Waals surface area contributed by atoms with Crippen molar-refractivity contribution in [2.45, 2.75) is 19.5 Å². The van der Waals surface area contributed by atoms with Crippen LogP contribution >= 0.6 is 0 Å². The zero-order chi connectivity index (χ0) is 12.3. The van der Waals surface area contributed by atoms with Gasteiger partial charge >= 0.3 is 0 Å². The summed E-state index contributed by atoms with van der Waals surface area (Å²) in [5.74, 6) is 0.660. The third kappa shape index (κ3) is 2.88. The molecule has 0 radical (unpaired) electrons. The summed E-state index contributed by atoms with van der Waals surface area (Å²) in [4.78, 5) is 4.12. The molecule has 1 N–H and O–H groups in total. The van der Waals surface area contributed by atoms with Crippen LogP contribution < -0.4 is 5.32 Å². The molecule has 17 heavy (non-hydrogen) atoms. The average Bonchev–Trinajstić information content (AvgIpc) is 2.73. The van der Waals surface area contributed by atoms with Gasteiger partial charge in [0.25, 0.3) is 0 Å². The van der Waals surface area contributed by atoms with Crippen LogP contribution in [0.25, 0.3) is 0 Å². The number of hydrogen-bond donors (Lipinski definition) is 1. The van der Waals surface area contributed by atoms with Gasteiger partial charge in [0.05, 0.1) is 6.54 Å². The van der Waals surface area contributed by atoms with E-state index in [2.05, 4.69) is 15.4 Å². The minimum absolute atomic E-state index is 0.146. The van der Waals surface area contributed by atoms with Crippen LogP contribution in [0.2, 0.25) is 0 Å². The second-order valence-corrected chi connectivity index (χ2v) is 3.95. The maximum atomic E-state index is 12.8. The molecule has 1 atom stereocenters. The molecule has 1 aromatic carbocycles. The van der Waals surface area contributed by atoms with Crippen molar-refractivity contribution in [1.82, 2.24) is 20.1 Å². The van der Waals surface area contributed by atoms with Gasteiger partial charge in [0.15, 0.2) is 0 Å². The second-order valence-electron chi connectivity index (χ2n) is 3.95. The average molecular weight is 234 g/mol. The lowest BCUT2D eigenvalue weighted by Gasteiger charge is -2.13. The highest BCUT2D eigenvalue weighted by molar-refractivity contribution is 5.19. The molecule has 1 aromatic heterocycles. The van der Waals surface area contributed by atoms with Gasteiger partial charge in [-0.1, -0.05) is 12.1 Å². The molecule has 90 valence electrons.